The Labute approximate surface area is 183 Å². The number of carbonyl (C=O) groups excluding carboxylic acids is 2. The summed E-state index contributed by atoms with van der Waals surface area (Å²) in [6, 6.07) is 9.23. The normalized spacial score (nSPS) is 10.8. The molecule has 0 bridgehead atoms. The number of hydrogen-bond acceptors (Lipinski definition) is 3. The van der Waals surface area contributed by atoms with Crippen LogP contribution in [0.5, 0.6) is 0 Å². The second kappa shape index (κ2) is 9.67. The highest BCUT2D eigenvalue weighted by Gasteiger charge is 2.24. The summed E-state index contributed by atoms with van der Waals surface area (Å²) in [5, 5.41) is 6.52. The Morgan fingerprint density at radius 2 is 1.78 bits per heavy atom. The number of benzene rings is 2. The molecule has 0 atom stereocenters. The minimum Gasteiger partial charge on any atom is -0.329 e. The van der Waals surface area contributed by atoms with E-state index in [-0.39, 0.29) is 13.1 Å². The van der Waals surface area contributed by atoms with Gasteiger partial charge in [0.05, 0.1) is 28.8 Å². The maximum Gasteiger partial charge on any atom is 0.257 e. The number of carbonyl (C=O) groups is 2. The molecule has 3 rings (SSSR count). The highest BCUT2D eigenvalue weighted by atomic mass is 19.2. The van der Waals surface area contributed by atoms with Crippen molar-refractivity contribution in [3.63, 3.8) is 0 Å². The molecule has 0 spiro atoms. The fraction of sp³-hybridized carbons (Fsp3) is 0.261. The van der Waals surface area contributed by atoms with Crippen molar-refractivity contribution in [3.8, 4) is 5.69 Å². The van der Waals surface area contributed by atoms with Crippen LogP contribution in [0.1, 0.15) is 35.0 Å². The zero-order chi connectivity index (χ0) is 23.4. The van der Waals surface area contributed by atoms with E-state index in [1.54, 1.807) is 11.6 Å². The molecule has 32 heavy (non-hydrogen) atoms. The van der Waals surface area contributed by atoms with Crippen LogP contribution in [0.4, 0.5) is 18.9 Å². The van der Waals surface area contributed by atoms with Gasteiger partial charge >= 0.3 is 0 Å². The predicted octanol–water partition coefficient (Wildman–Crippen LogP) is 4.40. The van der Waals surface area contributed by atoms with Gasteiger partial charge in [0.2, 0.25) is 5.91 Å². The Bertz CT molecular complexity index is 1160. The molecule has 0 fully saturated rings. The fourth-order valence-electron chi connectivity index (χ4n) is 3.34. The summed E-state index contributed by atoms with van der Waals surface area (Å²) in [6.07, 6.45) is 2.02. The molecule has 0 saturated heterocycles. The summed E-state index contributed by atoms with van der Waals surface area (Å²) < 4.78 is 42.0. The number of halogens is 3. The third-order valence-corrected chi connectivity index (χ3v) is 5.01. The number of anilines is 1. The van der Waals surface area contributed by atoms with Crippen LogP contribution in [0.3, 0.4) is 0 Å². The molecule has 0 aliphatic carbocycles. The first-order valence-corrected chi connectivity index (χ1v) is 10.1. The van der Waals surface area contributed by atoms with E-state index in [0.717, 1.165) is 17.3 Å². The number of nitrogens with one attached hydrogen (secondary N) is 1. The van der Waals surface area contributed by atoms with Crippen LogP contribution in [0, 0.1) is 31.3 Å². The number of rotatable bonds is 7. The lowest BCUT2D eigenvalue weighted by Crippen LogP contribution is -2.38. The van der Waals surface area contributed by atoms with Crippen LogP contribution < -0.4 is 5.32 Å². The molecule has 2 amide bonds. The van der Waals surface area contributed by atoms with E-state index < -0.39 is 35.0 Å². The molecule has 2 aromatic carbocycles. The van der Waals surface area contributed by atoms with E-state index in [1.807, 2.05) is 38.1 Å². The van der Waals surface area contributed by atoms with Crippen LogP contribution in [0.15, 0.2) is 42.6 Å². The summed E-state index contributed by atoms with van der Waals surface area (Å²) in [4.78, 5) is 26.9. The van der Waals surface area contributed by atoms with Gasteiger partial charge in [-0.3, -0.25) is 9.59 Å². The first-order valence-electron chi connectivity index (χ1n) is 10.1. The first kappa shape index (κ1) is 23.1. The average molecular weight is 444 g/mol. The van der Waals surface area contributed by atoms with Crippen LogP contribution in [0.2, 0.25) is 0 Å². The van der Waals surface area contributed by atoms with E-state index >= 15 is 0 Å². The maximum atomic E-state index is 13.9. The third-order valence-electron chi connectivity index (χ3n) is 5.01. The van der Waals surface area contributed by atoms with E-state index in [2.05, 4.69) is 10.4 Å². The fourth-order valence-corrected chi connectivity index (χ4v) is 3.34. The SMILES string of the molecule is CCCN(CC(=O)Nc1ccc(F)c(F)c1F)C(=O)c1cnn(-c2ccccc2C)c1C. The van der Waals surface area contributed by atoms with Crippen molar-refractivity contribution in [2.45, 2.75) is 27.2 Å². The predicted molar refractivity (Wildman–Crippen MR) is 114 cm³/mol. The monoisotopic (exact) mass is 444 g/mol. The van der Waals surface area contributed by atoms with Crippen LogP contribution in [-0.4, -0.2) is 39.6 Å². The maximum absolute atomic E-state index is 13.9. The molecular formula is C23H23F3N4O2. The smallest absolute Gasteiger partial charge is 0.257 e. The molecular weight excluding hydrogens is 421 g/mol. The molecule has 0 saturated carbocycles. The molecule has 0 aliphatic heterocycles. The quantitative estimate of drug-likeness (QED) is 0.550. The summed E-state index contributed by atoms with van der Waals surface area (Å²) in [6.45, 7) is 5.41. The molecule has 0 unspecified atom stereocenters. The number of nitrogens with zero attached hydrogens (tertiary/aromatic N) is 3. The van der Waals surface area contributed by atoms with Gasteiger partial charge in [0.25, 0.3) is 5.91 Å². The molecule has 0 radical (unpaired) electrons. The minimum atomic E-state index is -1.68. The van der Waals surface area contributed by atoms with Crippen LogP contribution in [-0.2, 0) is 4.79 Å². The highest BCUT2D eigenvalue weighted by molar-refractivity contribution is 6.00. The first-order chi connectivity index (χ1) is 15.2. The second-order valence-corrected chi connectivity index (χ2v) is 7.34. The van der Waals surface area contributed by atoms with Gasteiger partial charge in [0.15, 0.2) is 17.5 Å². The van der Waals surface area contributed by atoms with Gasteiger partial charge in [-0.1, -0.05) is 25.1 Å². The van der Waals surface area contributed by atoms with E-state index in [1.165, 1.54) is 11.1 Å². The van der Waals surface area contributed by atoms with Crippen molar-refractivity contribution < 1.29 is 22.8 Å². The van der Waals surface area contributed by atoms with Gasteiger partial charge in [-0.25, -0.2) is 17.9 Å². The molecule has 1 N–H and O–H groups in total. The lowest BCUT2D eigenvalue weighted by molar-refractivity contribution is -0.116. The minimum absolute atomic E-state index is 0.265. The van der Waals surface area contributed by atoms with Crippen molar-refractivity contribution in [1.29, 1.82) is 0 Å². The van der Waals surface area contributed by atoms with Crippen LogP contribution in [0.25, 0.3) is 5.69 Å². The largest absolute Gasteiger partial charge is 0.329 e. The lowest BCUT2D eigenvalue weighted by atomic mass is 10.2. The number of hydrogen-bond donors (Lipinski definition) is 1. The summed E-state index contributed by atoms with van der Waals surface area (Å²) >= 11 is 0. The van der Waals surface area contributed by atoms with Crippen molar-refractivity contribution in [2.75, 3.05) is 18.4 Å². The topological polar surface area (TPSA) is 67.2 Å². The van der Waals surface area contributed by atoms with Gasteiger partial charge in [0.1, 0.15) is 6.54 Å². The van der Waals surface area contributed by atoms with Gasteiger partial charge in [-0.15, -0.1) is 0 Å². The lowest BCUT2D eigenvalue weighted by Gasteiger charge is -2.21. The van der Waals surface area contributed by atoms with E-state index in [0.29, 0.717) is 23.7 Å². The van der Waals surface area contributed by atoms with Crippen LogP contribution >= 0.6 is 0 Å². The Hall–Kier alpha value is -3.62. The Kier molecular flexibility index (Phi) is 6.97. The van der Waals surface area contributed by atoms with Crippen molar-refractivity contribution >= 4 is 17.5 Å². The summed E-state index contributed by atoms with van der Waals surface area (Å²) in [7, 11) is 0. The molecule has 6 nitrogen and oxygen atoms in total. The standard InChI is InChI=1S/C23H23F3N4O2/c1-4-11-29(13-20(31)28-18-10-9-17(24)21(25)22(18)26)23(32)16-12-27-30(15(16)3)19-8-6-5-7-14(19)2/h5-10,12H,4,11,13H2,1-3H3,(H,28,31). The average Bonchev–Trinajstić information content (AvgIpc) is 3.14. The Morgan fingerprint density at radius 3 is 2.47 bits per heavy atom. The molecule has 3 aromatic rings. The van der Waals surface area contributed by atoms with Gasteiger partial charge < -0.3 is 10.2 Å². The van der Waals surface area contributed by atoms with Crippen molar-refractivity contribution in [2.24, 2.45) is 0 Å². The van der Waals surface area contributed by atoms with Crippen molar-refractivity contribution in [3.05, 3.63) is 76.9 Å². The highest BCUT2D eigenvalue weighted by Crippen LogP contribution is 2.21. The summed E-state index contributed by atoms with van der Waals surface area (Å²) in [5.41, 5.74) is 2.25. The Morgan fingerprint density at radius 1 is 1.06 bits per heavy atom. The number of para-hydroxylation sites is 1. The molecule has 0 aliphatic rings. The third kappa shape index (κ3) is 4.66. The zero-order valence-electron chi connectivity index (χ0n) is 18.0. The van der Waals surface area contributed by atoms with E-state index in [4.69, 9.17) is 0 Å². The van der Waals surface area contributed by atoms with E-state index in [9.17, 15) is 22.8 Å². The molecule has 1 heterocycles. The summed E-state index contributed by atoms with van der Waals surface area (Å²) in [5.74, 6) is -5.68. The van der Waals surface area contributed by atoms with Gasteiger partial charge in [-0.05, 0) is 44.0 Å². The van der Waals surface area contributed by atoms with Crippen molar-refractivity contribution in [1.82, 2.24) is 14.7 Å². The zero-order valence-corrected chi connectivity index (χ0v) is 18.0. The Balaban J connectivity index is 1.80. The molecule has 168 valence electrons. The van der Waals surface area contributed by atoms with Gasteiger partial charge in [0, 0.05) is 6.54 Å². The second-order valence-electron chi connectivity index (χ2n) is 7.34. The molecule has 9 heteroatoms. The van der Waals surface area contributed by atoms with Gasteiger partial charge in [-0.2, -0.15) is 5.10 Å². The number of amides is 2. The number of aromatic nitrogens is 2. The number of aryl methyl sites for hydroxylation is 1. The molecule has 1 aromatic heterocycles.